The van der Waals surface area contributed by atoms with Gasteiger partial charge in [0.15, 0.2) is 11.5 Å². The molecule has 0 amide bonds. The lowest BCUT2D eigenvalue weighted by atomic mass is 10.2. The SMILES string of the molecule is C=CCOc1c(Cl)cc(CNC(C)Cn2cccn2)cc1OC. The number of nitrogens with one attached hydrogen (secondary N) is 1. The van der Waals surface area contributed by atoms with Crippen LogP contribution in [0.1, 0.15) is 12.5 Å². The Morgan fingerprint density at radius 1 is 1.48 bits per heavy atom. The van der Waals surface area contributed by atoms with Gasteiger partial charge in [0.2, 0.25) is 0 Å². The van der Waals surface area contributed by atoms with Gasteiger partial charge in [0, 0.05) is 25.0 Å². The van der Waals surface area contributed by atoms with Crippen LogP contribution in [0.2, 0.25) is 5.02 Å². The molecule has 0 spiro atoms. The molecule has 1 heterocycles. The van der Waals surface area contributed by atoms with Crippen LogP contribution >= 0.6 is 11.6 Å². The van der Waals surface area contributed by atoms with E-state index in [9.17, 15) is 0 Å². The molecule has 2 rings (SSSR count). The average Bonchev–Trinajstić information content (AvgIpc) is 3.04. The Hall–Kier alpha value is -1.98. The fourth-order valence-electron chi connectivity index (χ4n) is 2.20. The van der Waals surface area contributed by atoms with Crippen LogP contribution < -0.4 is 14.8 Å². The minimum atomic E-state index is 0.274. The molecule has 1 atom stereocenters. The summed E-state index contributed by atoms with van der Waals surface area (Å²) in [6, 6.07) is 6.00. The lowest BCUT2D eigenvalue weighted by Crippen LogP contribution is -2.30. The van der Waals surface area contributed by atoms with Gasteiger partial charge in [0.05, 0.1) is 18.7 Å². The van der Waals surface area contributed by atoms with Crippen molar-refractivity contribution in [1.82, 2.24) is 15.1 Å². The average molecular weight is 336 g/mol. The molecule has 1 aromatic heterocycles. The monoisotopic (exact) mass is 335 g/mol. The first-order chi connectivity index (χ1) is 11.1. The Morgan fingerprint density at radius 3 is 2.96 bits per heavy atom. The van der Waals surface area contributed by atoms with Crippen LogP contribution in [0.25, 0.3) is 0 Å². The number of halogens is 1. The molecule has 0 aliphatic carbocycles. The van der Waals surface area contributed by atoms with E-state index in [0.29, 0.717) is 29.7 Å². The van der Waals surface area contributed by atoms with Crippen molar-refractivity contribution in [2.24, 2.45) is 0 Å². The van der Waals surface area contributed by atoms with E-state index in [1.165, 1.54) is 0 Å². The van der Waals surface area contributed by atoms with Gasteiger partial charge in [0.25, 0.3) is 0 Å². The van der Waals surface area contributed by atoms with Crippen LogP contribution in [0.3, 0.4) is 0 Å². The van der Waals surface area contributed by atoms with Gasteiger partial charge in [-0.2, -0.15) is 5.10 Å². The highest BCUT2D eigenvalue weighted by Gasteiger charge is 2.12. The summed E-state index contributed by atoms with van der Waals surface area (Å²) < 4.78 is 12.8. The normalized spacial score (nSPS) is 12.0. The second kappa shape index (κ2) is 8.60. The number of ether oxygens (including phenoxy) is 2. The van der Waals surface area contributed by atoms with Crippen molar-refractivity contribution in [3.63, 3.8) is 0 Å². The summed E-state index contributed by atoms with van der Waals surface area (Å²) >= 11 is 6.30. The molecule has 0 radical (unpaired) electrons. The quantitative estimate of drug-likeness (QED) is 0.714. The lowest BCUT2D eigenvalue weighted by Gasteiger charge is -2.16. The number of aromatic nitrogens is 2. The van der Waals surface area contributed by atoms with Crippen LogP contribution in [-0.2, 0) is 13.1 Å². The first kappa shape index (κ1) is 17.4. The fraction of sp³-hybridized carbons (Fsp3) is 0.353. The van der Waals surface area contributed by atoms with E-state index in [0.717, 1.165) is 12.1 Å². The molecule has 124 valence electrons. The van der Waals surface area contributed by atoms with Crippen LogP contribution in [-0.4, -0.2) is 29.5 Å². The molecule has 23 heavy (non-hydrogen) atoms. The number of hydrogen-bond donors (Lipinski definition) is 1. The molecule has 5 nitrogen and oxygen atoms in total. The molecule has 1 unspecified atom stereocenters. The van der Waals surface area contributed by atoms with Crippen molar-refractivity contribution in [2.45, 2.75) is 26.1 Å². The summed E-state index contributed by atoms with van der Waals surface area (Å²) in [5, 5.41) is 8.18. The summed E-state index contributed by atoms with van der Waals surface area (Å²) in [6.07, 6.45) is 5.39. The molecule has 6 heteroatoms. The zero-order chi connectivity index (χ0) is 16.7. The molecule has 1 N–H and O–H groups in total. The van der Waals surface area contributed by atoms with Crippen molar-refractivity contribution < 1.29 is 9.47 Å². The van der Waals surface area contributed by atoms with Gasteiger partial charge in [0.1, 0.15) is 6.61 Å². The Labute approximate surface area is 141 Å². The molecule has 0 aliphatic heterocycles. The standard InChI is InChI=1S/C17H22ClN3O2/c1-4-8-23-17-15(18)9-14(10-16(17)22-3)11-19-13(2)12-21-7-5-6-20-21/h4-7,9-10,13,19H,1,8,11-12H2,2-3H3. The van der Waals surface area contributed by atoms with Gasteiger partial charge in [-0.05, 0) is 30.7 Å². The minimum Gasteiger partial charge on any atom is -0.493 e. The Bertz CT molecular complexity index is 629. The predicted molar refractivity (Wildman–Crippen MR) is 92.2 cm³/mol. The van der Waals surface area contributed by atoms with Gasteiger partial charge in [-0.3, -0.25) is 4.68 Å². The maximum Gasteiger partial charge on any atom is 0.180 e. The lowest BCUT2D eigenvalue weighted by molar-refractivity contribution is 0.326. The highest BCUT2D eigenvalue weighted by Crippen LogP contribution is 2.36. The largest absolute Gasteiger partial charge is 0.493 e. The van der Waals surface area contributed by atoms with Crippen LogP contribution in [0, 0.1) is 0 Å². The van der Waals surface area contributed by atoms with Crippen LogP contribution in [0.15, 0.2) is 43.2 Å². The third-order valence-electron chi connectivity index (χ3n) is 3.31. The molecule has 0 saturated heterocycles. The molecule has 1 aromatic carbocycles. The van der Waals surface area contributed by atoms with Gasteiger partial charge in [-0.1, -0.05) is 24.3 Å². The molecule has 0 fully saturated rings. The highest BCUT2D eigenvalue weighted by molar-refractivity contribution is 6.32. The van der Waals surface area contributed by atoms with Gasteiger partial charge in [-0.25, -0.2) is 0 Å². The van der Waals surface area contributed by atoms with E-state index in [1.807, 2.05) is 29.1 Å². The van der Waals surface area contributed by atoms with Crippen LogP contribution in [0.5, 0.6) is 11.5 Å². The van der Waals surface area contributed by atoms with Gasteiger partial charge in [-0.15, -0.1) is 0 Å². The second-order valence-electron chi connectivity index (χ2n) is 5.22. The van der Waals surface area contributed by atoms with E-state index < -0.39 is 0 Å². The number of rotatable bonds is 9. The number of nitrogens with zero attached hydrogens (tertiary/aromatic N) is 2. The van der Waals surface area contributed by atoms with E-state index in [-0.39, 0.29) is 6.04 Å². The molecule has 0 bridgehead atoms. The zero-order valence-electron chi connectivity index (χ0n) is 13.5. The molecular weight excluding hydrogens is 314 g/mol. The first-order valence-corrected chi connectivity index (χ1v) is 7.82. The van der Waals surface area contributed by atoms with Crippen molar-refractivity contribution in [2.75, 3.05) is 13.7 Å². The molecule has 2 aromatic rings. The van der Waals surface area contributed by atoms with Crippen LogP contribution in [0.4, 0.5) is 0 Å². The maximum atomic E-state index is 6.30. The third kappa shape index (κ3) is 5.01. The summed E-state index contributed by atoms with van der Waals surface area (Å²) in [7, 11) is 1.60. The summed E-state index contributed by atoms with van der Waals surface area (Å²) in [6.45, 7) is 7.61. The maximum absolute atomic E-state index is 6.30. The van der Waals surface area contributed by atoms with Gasteiger partial charge >= 0.3 is 0 Å². The Balaban J connectivity index is 1.99. The summed E-state index contributed by atoms with van der Waals surface area (Å²) in [4.78, 5) is 0. The Morgan fingerprint density at radius 2 is 2.30 bits per heavy atom. The van der Waals surface area contributed by atoms with E-state index in [1.54, 1.807) is 19.4 Å². The summed E-state index contributed by atoms with van der Waals surface area (Å²) in [5.74, 6) is 1.17. The smallest absolute Gasteiger partial charge is 0.180 e. The molecular formula is C17H22ClN3O2. The van der Waals surface area contributed by atoms with Gasteiger partial charge < -0.3 is 14.8 Å². The molecule has 0 saturated carbocycles. The summed E-state index contributed by atoms with van der Waals surface area (Å²) in [5.41, 5.74) is 1.03. The number of benzene rings is 1. The number of hydrogen-bond acceptors (Lipinski definition) is 4. The first-order valence-electron chi connectivity index (χ1n) is 7.45. The third-order valence-corrected chi connectivity index (χ3v) is 3.59. The second-order valence-corrected chi connectivity index (χ2v) is 5.63. The zero-order valence-corrected chi connectivity index (χ0v) is 14.2. The van der Waals surface area contributed by atoms with Crippen molar-refractivity contribution >= 4 is 11.6 Å². The number of methoxy groups -OCH3 is 1. The van der Waals surface area contributed by atoms with Crippen molar-refractivity contribution in [1.29, 1.82) is 0 Å². The highest BCUT2D eigenvalue weighted by atomic mass is 35.5. The van der Waals surface area contributed by atoms with E-state index in [4.69, 9.17) is 21.1 Å². The van der Waals surface area contributed by atoms with Crippen molar-refractivity contribution in [3.05, 3.63) is 53.8 Å². The fourth-order valence-corrected chi connectivity index (χ4v) is 2.49. The van der Waals surface area contributed by atoms with E-state index >= 15 is 0 Å². The topological polar surface area (TPSA) is 48.3 Å². The predicted octanol–water partition coefficient (Wildman–Crippen LogP) is 3.29. The van der Waals surface area contributed by atoms with Crippen molar-refractivity contribution in [3.8, 4) is 11.5 Å². The Kier molecular flexibility index (Phi) is 6.50. The minimum absolute atomic E-state index is 0.274. The van der Waals surface area contributed by atoms with E-state index in [2.05, 4.69) is 23.9 Å². The molecule has 0 aliphatic rings.